The molecule has 27 heavy (non-hydrogen) atoms. The van der Waals surface area contributed by atoms with Crippen LogP contribution in [0.25, 0.3) is 10.2 Å². The molecule has 0 aliphatic rings. The number of benzene rings is 2. The lowest BCUT2D eigenvalue weighted by Crippen LogP contribution is -2.12. The number of aryl methyl sites for hydroxylation is 1. The monoisotopic (exact) mass is 404 g/mol. The van der Waals surface area contributed by atoms with Crippen LogP contribution < -0.4 is 10.1 Å². The van der Waals surface area contributed by atoms with E-state index in [1.165, 1.54) is 23.7 Å². The smallest absolute Gasteiger partial charge is 0.226 e. The molecule has 142 valence electrons. The van der Waals surface area contributed by atoms with Gasteiger partial charge in [0.05, 0.1) is 21.7 Å². The van der Waals surface area contributed by atoms with Gasteiger partial charge in [0, 0.05) is 12.7 Å². The summed E-state index contributed by atoms with van der Waals surface area (Å²) in [5, 5.41) is 3.25. The molecule has 2 aromatic carbocycles. The van der Waals surface area contributed by atoms with E-state index < -0.39 is 9.84 Å². The Kier molecular flexibility index (Phi) is 5.76. The van der Waals surface area contributed by atoms with Crippen molar-refractivity contribution in [2.75, 3.05) is 18.2 Å². The van der Waals surface area contributed by atoms with Crippen molar-refractivity contribution in [2.45, 2.75) is 24.7 Å². The predicted octanol–water partition coefficient (Wildman–Crippen LogP) is 3.67. The van der Waals surface area contributed by atoms with Crippen LogP contribution in [-0.2, 0) is 21.1 Å². The minimum Gasteiger partial charge on any atom is -0.494 e. The summed E-state index contributed by atoms with van der Waals surface area (Å²) < 4.78 is 29.4. The number of rotatable bonds is 7. The van der Waals surface area contributed by atoms with E-state index in [9.17, 15) is 13.2 Å². The van der Waals surface area contributed by atoms with Gasteiger partial charge in [0.15, 0.2) is 15.0 Å². The normalized spacial score (nSPS) is 11.5. The zero-order chi connectivity index (χ0) is 19.4. The molecule has 0 saturated carbocycles. The maximum absolute atomic E-state index is 12.2. The van der Waals surface area contributed by atoms with Crippen LogP contribution in [0, 0.1) is 0 Å². The summed E-state index contributed by atoms with van der Waals surface area (Å²) in [6, 6.07) is 12.4. The molecule has 0 fully saturated rings. The van der Waals surface area contributed by atoms with Crippen LogP contribution in [0.2, 0.25) is 0 Å². The van der Waals surface area contributed by atoms with E-state index in [4.69, 9.17) is 4.74 Å². The number of hydrogen-bond donors (Lipinski definition) is 1. The predicted molar refractivity (Wildman–Crippen MR) is 107 cm³/mol. The maximum atomic E-state index is 12.2. The molecule has 3 rings (SSSR count). The van der Waals surface area contributed by atoms with E-state index in [1.54, 1.807) is 12.1 Å². The number of anilines is 1. The first-order valence-corrected chi connectivity index (χ1v) is 11.2. The van der Waals surface area contributed by atoms with E-state index in [-0.39, 0.29) is 10.8 Å². The Bertz CT molecular complexity index is 1060. The molecule has 0 atom stereocenters. The largest absolute Gasteiger partial charge is 0.494 e. The van der Waals surface area contributed by atoms with Crippen molar-refractivity contribution in [1.29, 1.82) is 0 Å². The number of hydrogen-bond acceptors (Lipinski definition) is 6. The fourth-order valence-corrected chi connectivity index (χ4v) is 4.19. The fraction of sp³-hybridized carbons (Fsp3) is 0.263. The van der Waals surface area contributed by atoms with Crippen molar-refractivity contribution in [2.24, 2.45) is 0 Å². The number of nitrogens with one attached hydrogen (secondary N) is 1. The quantitative estimate of drug-likeness (QED) is 0.649. The van der Waals surface area contributed by atoms with Crippen LogP contribution in [0.4, 0.5) is 5.13 Å². The van der Waals surface area contributed by atoms with Crippen molar-refractivity contribution in [3.63, 3.8) is 0 Å². The molecular formula is C19H20N2O4S2. The number of fused-ring (bicyclic) bond motifs is 1. The molecule has 0 spiro atoms. The number of carbonyl (C=O) groups excluding carboxylic acids is 1. The number of amides is 1. The summed E-state index contributed by atoms with van der Waals surface area (Å²) in [6.07, 6.45) is 2.11. The van der Waals surface area contributed by atoms with Crippen molar-refractivity contribution in [3.8, 4) is 5.75 Å². The third-order valence-corrected chi connectivity index (χ3v) is 5.95. The highest BCUT2D eigenvalue weighted by molar-refractivity contribution is 7.90. The van der Waals surface area contributed by atoms with Gasteiger partial charge in [0.2, 0.25) is 5.91 Å². The van der Waals surface area contributed by atoms with Gasteiger partial charge in [-0.3, -0.25) is 4.79 Å². The number of thiazole rings is 1. The molecule has 0 bridgehead atoms. The lowest BCUT2D eigenvalue weighted by molar-refractivity contribution is -0.116. The second-order valence-electron chi connectivity index (χ2n) is 6.05. The lowest BCUT2D eigenvalue weighted by Gasteiger charge is -2.05. The van der Waals surface area contributed by atoms with Gasteiger partial charge in [-0.15, -0.1) is 0 Å². The van der Waals surface area contributed by atoms with Crippen LogP contribution in [0.3, 0.4) is 0 Å². The molecule has 6 nitrogen and oxygen atoms in total. The standard InChI is InChI=1S/C19H20N2O4S2/c1-3-25-14-7-4-13(5-8-14)6-11-18(22)21-19-20-16-10-9-15(27(2,23)24)12-17(16)26-19/h4-5,7-10,12H,3,6,11H2,1-2H3,(H,20,21,22). The van der Waals surface area contributed by atoms with Gasteiger partial charge < -0.3 is 10.1 Å². The molecule has 0 radical (unpaired) electrons. The third-order valence-electron chi connectivity index (χ3n) is 3.91. The summed E-state index contributed by atoms with van der Waals surface area (Å²) in [4.78, 5) is 16.8. The Labute approximate surface area is 162 Å². The minimum absolute atomic E-state index is 0.133. The summed E-state index contributed by atoms with van der Waals surface area (Å²) in [5.74, 6) is 0.680. The van der Waals surface area contributed by atoms with Gasteiger partial charge in [-0.1, -0.05) is 23.5 Å². The fourth-order valence-electron chi connectivity index (χ4n) is 2.55. The number of ether oxygens (including phenoxy) is 1. The van der Waals surface area contributed by atoms with Crippen molar-refractivity contribution < 1.29 is 17.9 Å². The Hall–Kier alpha value is -2.45. The summed E-state index contributed by atoms with van der Waals surface area (Å²) in [5.41, 5.74) is 1.71. The van der Waals surface area contributed by atoms with Gasteiger partial charge in [-0.2, -0.15) is 0 Å². The second-order valence-corrected chi connectivity index (χ2v) is 9.09. The number of nitrogens with zero attached hydrogens (tertiary/aromatic N) is 1. The van der Waals surface area contributed by atoms with Gasteiger partial charge in [0.1, 0.15) is 5.75 Å². The lowest BCUT2D eigenvalue weighted by atomic mass is 10.1. The Morgan fingerprint density at radius 2 is 1.93 bits per heavy atom. The van der Waals surface area contributed by atoms with Crippen molar-refractivity contribution in [1.82, 2.24) is 4.98 Å². The molecule has 1 N–H and O–H groups in total. The van der Waals surface area contributed by atoms with Gasteiger partial charge in [-0.05, 0) is 49.2 Å². The van der Waals surface area contributed by atoms with Crippen LogP contribution >= 0.6 is 11.3 Å². The second kappa shape index (κ2) is 8.06. The van der Waals surface area contributed by atoms with Crippen molar-refractivity contribution in [3.05, 3.63) is 48.0 Å². The van der Waals surface area contributed by atoms with Crippen molar-refractivity contribution >= 4 is 42.4 Å². The zero-order valence-corrected chi connectivity index (χ0v) is 16.7. The number of carbonyl (C=O) groups is 1. The Balaban J connectivity index is 1.62. The molecular weight excluding hydrogens is 384 g/mol. The highest BCUT2D eigenvalue weighted by Gasteiger charge is 2.12. The summed E-state index contributed by atoms with van der Waals surface area (Å²) >= 11 is 1.26. The Morgan fingerprint density at radius 1 is 1.19 bits per heavy atom. The topological polar surface area (TPSA) is 85.4 Å². The summed E-state index contributed by atoms with van der Waals surface area (Å²) in [7, 11) is -3.27. The van der Waals surface area contributed by atoms with E-state index >= 15 is 0 Å². The van der Waals surface area contributed by atoms with Crippen LogP contribution in [0.1, 0.15) is 18.9 Å². The molecule has 0 unspecified atom stereocenters. The van der Waals surface area contributed by atoms with E-state index in [2.05, 4.69) is 10.3 Å². The first-order valence-electron chi connectivity index (χ1n) is 8.47. The first-order chi connectivity index (χ1) is 12.8. The highest BCUT2D eigenvalue weighted by atomic mass is 32.2. The average Bonchev–Trinajstić information content (AvgIpc) is 3.02. The van der Waals surface area contributed by atoms with Crippen LogP contribution in [-0.4, -0.2) is 32.2 Å². The molecule has 0 aliphatic heterocycles. The molecule has 8 heteroatoms. The molecule has 0 saturated heterocycles. The third kappa shape index (κ3) is 5.05. The SMILES string of the molecule is CCOc1ccc(CCC(=O)Nc2nc3ccc(S(C)(=O)=O)cc3s2)cc1. The van der Waals surface area contributed by atoms with Crippen LogP contribution in [0.5, 0.6) is 5.75 Å². The van der Waals surface area contributed by atoms with Crippen LogP contribution in [0.15, 0.2) is 47.4 Å². The Morgan fingerprint density at radius 3 is 2.59 bits per heavy atom. The molecule has 0 aliphatic carbocycles. The first kappa shape index (κ1) is 19.3. The molecule has 1 heterocycles. The molecule has 3 aromatic rings. The molecule has 1 aromatic heterocycles. The molecule has 1 amide bonds. The minimum atomic E-state index is -3.27. The van der Waals surface area contributed by atoms with E-state index in [0.717, 1.165) is 16.0 Å². The maximum Gasteiger partial charge on any atom is 0.226 e. The van der Waals surface area contributed by atoms with E-state index in [1.807, 2.05) is 31.2 Å². The summed E-state index contributed by atoms with van der Waals surface area (Å²) in [6.45, 7) is 2.55. The number of aromatic nitrogens is 1. The zero-order valence-electron chi connectivity index (χ0n) is 15.1. The van der Waals surface area contributed by atoms with Gasteiger partial charge >= 0.3 is 0 Å². The highest BCUT2D eigenvalue weighted by Crippen LogP contribution is 2.28. The average molecular weight is 405 g/mol. The van der Waals surface area contributed by atoms with E-state index in [0.29, 0.717) is 30.1 Å². The number of sulfone groups is 1. The van der Waals surface area contributed by atoms with Gasteiger partial charge in [0.25, 0.3) is 0 Å². The van der Waals surface area contributed by atoms with Gasteiger partial charge in [-0.25, -0.2) is 13.4 Å².